The third-order valence-electron chi connectivity index (χ3n) is 3.98. The van der Waals surface area contributed by atoms with Crippen molar-refractivity contribution in [1.82, 2.24) is 4.90 Å². The Hall–Kier alpha value is -2.24. The lowest BCUT2D eigenvalue weighted by Crippen LogP contribution is -2.32. The molecule has 0 radical (unpaired) electrons. The maximum atomic E-state index is 12.6. The number of likely N-dealkylation sites (tertiary alicyclic amines) is 1. The van der Waals surface area contributed by atoms with Crippen LogP contribution in [-0.2, 0) is 0 Å². The van der Waals surface area contributed by atoms with Gasteiger partial charge in [0.15, 0.2) is 0 Å². The molecule has 2 N–H and O–H groups in total. The molecule has 1 saturated heterocycles. The van der Waals surface area contributed by atoms with Gasteiger partial charge in [-0.2, -0.15) is 0 Å². The number of ether oxygens (including phenoxy) is 2. The highest BCUT2D eigenvalue weighted by Crippen LogP contribution is 2.22. The normalized spacial score (nSPS) is 16.2. The van der Waals surface area contributed by atoms with Crippen molar-refractivity contribution in [2.24, 2.45) is 5.73 Å². The Bertz CT molecular complexity index is 681. The zero-order valence-electron chi connectivity index (χ0n) is 14.0. The van der Waals surface area contributed by atoms with Crippen LogP contribution in [0.3, 0.4) is 0 Å². The topological polar surface area (TPSA) is 64.8 Å². The molecule has 2 aromatic carbocycles. The van der Waals surface area contributed by atoms with E-state index in [9.17, 15) is 4.79 Å². The molecule has 1 fully saturated rings. The number of carbonyl (C=O) groups excluding carboxylic acids is 1. The molecule has 1 amide bonds. The number of hydrogen-bond acceptors (Lipinski definition) is 4. The lowest BCUT2D eigenvalue weighted by atomic mass is 10.2. The molecule has 3 rings (SSSR count). The zero-order chi connectivity index (χ0) is 16.8. The van der Waals surface area contributed by atoms with Crippen molar-refractivity contribution in [3.8, 4) is 11.5 Å². The van der Waals surface area contributed by atoms with Gasteiger partial charge in [-0.15, -0.1) is 12.4 Å². The third-order valence-corrected chi connectivity index (χ3v) is 3.98. The van der Waals surface area contributed by atoms with E-state index in [-0.39, 0.29) is 24.4 Å². The number of halogens is 1. The minimum Gasteiger partial charge on any atom is -0.490 e. The molecular formula is C19H23ClN2O3. The highest BCUT2D eigenvalue weighted by Gasteiger charge is 2.26. The predicted molar refractivity (Wildman–Crippen MR) is 99.6 cm³/mol. The third kappa shape index (κ3) is 5.11. The summed E-state index contributed by atoms with van der Waals surface area (Å²) in [5.74, 6) is 1.36. The molecular weight excluding hydrogens is 340 g/mol. The monoisotopic (exact) mass is 362 g/mol. The molecule has 6 heteroatoms. The van der Waals surface area contributed by atoms with E-state index in [1.807, 2.05) is 48.5 Å². The quantitative estimate of drug-likeness (QED) is 0.802. The fourth-order valence-corrected chi connectivity index (χ4v) is 2.74. The molecule has 0 spiro atoms. The van der Waals surface area contributed by atoms with Crippen LogP contribution in [0.2, 0.25) is 0 Å². The maximum absolute atomic E-state index is 12.6. The summed E-state index contributed by atoms with van der Waals surface area (Å²) in [5, 5.41) is 0. The second kappa shape index (κ2) is 9.30. The van der Waals surface area contributed by atoms with E-state index in [1.165, 1.54) is 0 Å². The number of amides is 1. The van der Waals surface area contributed by atoms with Crippen molar-refractivity contribution in [2.75, 3.05) is 26.3 Å². The van der Waals surface area contributed by atoms with Gasteiger partial charge in [0.25, 0.3) is 5.91 Å². The summed E-state index contributed by atoms with van der Waals surface area (Å²) in [6, 6.07) is 17.0. The van der Waals surface area contributed by atoms with E-state index in [2.05, 4.69) is 0 Å². The fourth-order valence-electron chi connectivity index (χ4n) is 2.74. The second-order valence-electron chi connectivity index (χ2n) is 5.81. The van der Waals surface area contributed by atoms with Crippen molar-refractivity contribution in [3.05, 3.63) is 60.2 Å². The van der Waals surface area contributed by atoms with E-state index >= 15 is 0 Å². The number of nitrogens with two attached hydrogens (primary N) is 1. The number of rotatable bonds is 6. The van der Waals surface area contributed by atoms with Crippen molar-refractivity contribution < 1.29 is 14.3 Å². The second-order valence-corrected chi connectivity index (χ2v) is 5.81. The van der Waals surface area contributed by atoms with Crippen molar-refractivity contribution >= 4 is 18.3 Å². The van der Waals surface area contributed by atoms with Crippen molar-refractivity contribution in [2.45, 2.75) is 12.5 Å². The van der Waals surface area contributed by atoms with Crippen molar-refractivity contribution in [1.29, 1.82) is 0 Å². The highest BCUT2D eigenvalue weighted by atomic mass is 35.5. The molecule has 0 unspecified atom stereocenters. The molecule has 2 aromatic rings. The molecule has 0 aromatic heterocycles. The average molecular weight is 363 g/mol. The summed E-state index contributed by atoms with van der Waals surface area (Å²) in [7, 11) is 0. The van der Waals surface area contributed by atoms with Gasteiger partial charge in [0, 0.05) is 19.1 Å². The van der Waals surface area contributed by atoms with Crippen LogP contribution >= 0.6 is 12.4 Å². The summed E-state index contributed by atoms with van der Waals surface area (Å²) >= 11 is 0. The van der Waals surface area contributed by atoms with Gasteiger partial charge in [0.2, 0.25) is 0 Å². The van der Waals surface area contributed by atoms with Crippen LogP contribution in [0, 0.1) is 0 Å². The SMILES string of the molecule is Cl.N[C@H]1CCN(C(=O)c2ccccc2OCCOc2ccccc2)C1. The Morgan fingerprint density at radius 3 is 2.44 bits per heavy atom. The first kappa shape index (κ1) is 19.1. The van der Waals surface area contributed by atoms with Crippen LogP contribution in [0.4, 0.5) is 0 Å². The summed E-state index contributed by atoms with van der Waals surface area (Å²) in [4.78, 5) is 14.4. The molecule has 0 saturated carbocycles. The Labute approximate surface area is 154 Å². The van der Waals surface area contributed by atoms with Gasteiger partial charge in [0.1, 0.15) is 24.7 Å². The predicted octanol–water partition coefficient (Wildman–Crippen LogP) is 2.74. The molecule has 0 bridgehead atoms. The van der Waals surface area contributed by atoms with Gasteiger partial charge in [-0.05, 0) is 30.7 Å². The molecule has 25 heavy (non-hydrogen) atoms. The van der Waals surface area contributed by atoms with E-state index in [0.29, 0.717) is 37.6 Å². The molecule has 1 heterocycles. The zero-order valence-corrected chi connectivity index (χ0v) is 14.8. The molecule has 1 atom stereocenters. The van der Waals surface area contributed by atoms with E-state index in [0.717, 1.165) is 12.2 Å². The molecule has 1 aliphatic rings. The Kier molecular flexibility index (Phi) is 7.10. The van der Waals surface area contributed by atoms with Gasteiger partial charge in [-0.3, -0.25) is 4.79 Å². The standard InChI is InChI=1S/C19H22N2O3.ClH/c20-15-10-11-21(14-15)19(22)17-8-4-5-9-18(17)24-13-12-23-16-6-2-1-3-7-16;/h1-9,15H,10-14,20H2;1H/t15-;/m0./s1. The van der Waals surface area contributed by atoms with Crippen LogP contribution in [0.15, 0.2) is 54.6 Å². The van der Waals surface area contributed by atoms with Gasteiger partial charge < -0.3 is 20.1 Å². The van der Waals surface area contributed by atoms with E-state index in [4.69, 9.17) is 15.2 Å². The van der Waals surface area contributed by atoms with Crippen LogP contribution in [0.1, 0.15) is 16.8 Å². The summed E-state index contributed by atoms with van der Waals surface area (Å²) in [6.45, 7) is 2.09. The van der Waals surface area contributed by atoms with Crippen molar-refractivity contribution in [3.63, 3.8) is 0 Å². The average Bonchev–Trinajstić information content (AvgIpc) is 3.06. The molecule has 0 aliphatic carbocycles. The van der Waals surface area contributed by atoms with Gasteiger partial charge >= 0.3 is 0 Å². The first-order chi connectivity index (χ1) is 11.7. The smallest absolute Gasteiger partial charge is 0.257 e. The number of nitrogens with zero attached hydrogens (tertiary/aromatic N) is 1. The minimum atomic E-state index is -0.0254. The van der Waals surface area contributed by atoms with Gasteiger partial charge in [-0.1, -0.05) is 30.3 Å². The van der Waals surface area contributed by atoms with E-state index in [1.54, 1.807) is 11.0 Å². The van der Waals surface area contributed by atoms with E-state index < -0.39 is 0 Å². The largest absolute Gasteiger partial charge is 0.490 e. The Morgan fingerprint density at radius 2 is 1.72 bits per heavy atom. The number of para-hydroxylation sites is 2. The summed E-state index contributed by atoms with van der Waals surface area (Å²) in [5.41, 5.74) is 6.47. The first-order valence-corrected chi connectivity index (χ1v) is 8.18. The Morgan fingerprint density at radius 1 is 1.04 bits per heavy atom. The molecule has 134 valence electrons. The van der Waals surface area contributed by atoms with Gasteiger partial charge in [0.05, 0.1) is 5.56 Å². The fraction of sp³-hybridized carbons (Fsp3) is 0.316. The van der Waals surface area contributed by atoms with Crippen LogP contribution < -0.4 is 15.2 Å². The molecule has 5 nitrogen and oxygen atoms in total. The molecule has 1 aliphatic heterocycles. The minimum absolute atomic E-state index is 0. The first-order valence-electron chi connectivity index (χ1n) is 8.18. The maximum Gasteiger partial charge on any atom is 0.257 e. The van der Waals surface area contributed by atoms with Gasteiger partial charge in [-0.25, -0.2) is 0 Å². The lowest BCUT2D eigenvalue weighted by Gasteiger charge is -2.18. The number of benzene rings is 2. The lowest BCUT2D eigenvalue weighted by molar-refractivity contribution is 0.0785. The number of hydrogen-bond donors (Lipinski definition) is 1. The number of carbonyl (C=O) groups is 1. The highest BCUT2D eigenvalue weighted by molar-refractivity contribution is 5.97. The summed E-state index contributed by atoms with van der Waals surface area (Å²) < 4.78 is 11.4. The Balaban J connectivity index is 0.00000225. The van der Waals surface area contributed by atoms with Crippen LogP contribution in [0.5, 0.6) is 11.5 Å². The van der Waals surface area contributed by atoms with Crippen LogP contribution in [-0.4, -0.2) is 43.2 Å². The summed E-state index contributed by atoms with van der Waals surface area (Å²) in [6.07, 6.45) is 0.847. The van der Waals surface area contributed by atoms with Crippen LogP contribution in [0.25, 0.3) is 0 Å².